The lowest BCUT2D eigenvalue weighted by atomic mass is 10.1. The van der Waals surface area contributed by atoms with E-state index in [4.69, 9.17) is 5.73 Å². The summed E-state index contributed by atoms with van der Waals surface area (Å²) in [6.45, 7) is 6.72. The maximum absolute atomic E-state index is 6.02. The van der Waals surface area contributed by atoms with E-state index >= 15 is 0 Å². The third-order valence-corrected chi connectivity index (χ3v) is 2.62. The predicted octanol–water partition coefficient (Wildman–Crippen LogP) is 2.63. The molecule has 0 aliphatic rings. The summed E-state index contributed by atoms with van der Waals surface area (Å²) in [7, 11) is 2.18. The van der Waals surface area contributed by atoms with Crippen molar-refractivity contribution in [1.82, 2.24) is 4.90 Å². The van der Waals surface area contributed by atoms with Crippen LogP contribution in [0.4, 0.5) is 0 Å². The van der Waals surface area contributed by atoms with Gasteiger partial charge in [0.1, 0.15) is 0 Å². The van der Waals surface area contributed by atoms with Crippen molar-refractivity contribution in [3.63, 3.8) is 0 Å². The van der Waals surface area contributed by atoms with Crippen LogP contribution >= 0.6 is 0 Å². The predicted molar refractivity (Wildman–Crippen MR) is 64.5 cm³/mol. The number of nitrogens with zero attached hydrogens (tertiary/aromatic N) is 1. The Labute approximate surface area is 89.9 Å². The second-order valence-electron chi connectivity index (χ2n) is 4.37. The topological polar surface area (TPSA) is 29.3 Å². The van der Waals surface area contributed by atoms with Gasteiger partial charge in [-0.15, -0.1) is 0 Å². The quantitative estimate of drug-likeness (QED) is 0.580. The molecule has 0 aromatic carbocycles. The van der Waals surface area contributed by atoms with Gasteiger partial charge >= 0.3 is 0 Å². The lowest BCUT2D eigenvalue weighted by Gasteiger charge is -2.20. The number of rotatable bonds is 9. The Kier molecular flexibility index (Phi) is 9.42. The summed E-state index contributed by atoms with van der Waals surface area (Å²) in [5.41, 5.74) is 6.02. The standard InChI is InChI=1S/C12H28N2/c1-4-6-8-10-14(3)11-12(13)9-7-5-2/h12H,4-11,13H2,1-3H3. The monoisotopic (exact) mass is 200 g/mol. The average Bonchev–Trinajstić information content (AvgIpc) is 2.15. The minimum Gasteiger partial charge on any atom is -0.327 e. The van der Waals surface area contributed by atoms with Crippen LogP contribution in [0.1, 0.15) is 52.4 Å². The van der Waals surface area contributed by atoms with Crippen molar-refractivity contribution < 1.29 is 0 Å². The summed E-state index contributed by atoms with van der Waals surface area (Å²) in [5, 5.41) is 0. The summed E-state index contributed by atoms with van der Waals surface area (Å²) in [6, 6.07) is 0.376. The molecule has 0 aromatic rings. The molecule has 14 heavy (non-hydrogen) atoms. The van der Waals surface area contributed by atoms with E-state index in [2.05, 4.69) is 25.8 Å². The number of nitrogens with two attached hydrogens (primary N) is 1. The minimum absolute atomic E-state index is 0.376. The van der Waals surface area contributed by atoms with Crippen LogP contribution in [-0.2, 0) is 0 Å². The van der Waals surface area contributed by atoms with E-state index < -0.39 is 0 Å². The molecule has 1 unspecified atom stereocenters. The molecule has 0 bridgehead atoms. The van der Waals surface area contributed by atoms with E-state index in [9.17, 15) is 0 Å². The van der Waals surface area contributed by atoms with Crippen LogP contribution in [0.5, 0.6) is 0 Å². The molecule has 0 saturated carbocycles. The van der Waals surface area contributed by atoms with Gasteiger partial charge in [-0.05, 0) is 26.4 Å². The van der Waals surface area contributed by atoms with Crippen LogP contribution in [0.3, 0.4) is 0 Å². The molecule has 0 amide bonds. The first kappa shape index (κ1) is 13.9. The fraction of sp³-hybridized carbons (Fsp3) is 1.00. The first-order valence-corrected chi connectivity index (χ1v) is 6.14. The molecule has 2 heteroatoms. The van der Waals surface area contributed by atoms with Crippen LogP contribution in [0.25, 0.3) is 0 Å². The highest BCUT2D eigenvalue weighted by molar-refractivity contribution is 4.65. The number of likely N-dealkylation sites (N-methyl/N-ethyl adjacent to an activating group) is 1. The molecule has 86 valence electrons. The first-order chi connectivity index (χ1) is 6.70. The summed E-state index contributed by atoms with van der Waals surface area (Å²) in [4.78, 5) is 2.37. The highest BCUT2D eigenvalue weighted by Crippen LogP contribution is 2.01. The van der Waals surface area contributed by atoms with Crippen LogP contribution in [0.15, 0.2) is 0 Å². The molecular formula is C12H28N2. The zero-order chi connectivity index (χ0) is 10.8. The highest BCUT2D eigenvalue weighted by atomic mass is 15.1. The van der Waals surface area contributed by atoms with Gasteiger partial charge in [0, 0.05) is 12.6 Å². The van der Waals surface area contributed by atoms with Crippen LogP contribution in [0, 0.1) is 0 Å². The Balaban J connectivity index is 3.35. The largest absolute Gasteiger partial charge is 0.327 e. The van der Waals surface area contributed by atoms with Crippen molar-refractivity contribution in [3.8, 4) is 0 Å². The molecular weight excluding hydrogens is 172 g/mol. The fourth-order valence-corrected chi connectivity index (χ4v) is 1.68. The molecule has 0 saturated heterocycles. The van der Waals surface area contributed by atoms with Gasteiger partial charge in [-0.3, -0.25) is 0 Å². The van der Waals surface area contributed by atoms with Crippen molar-refractivity contribution in [2.45, 2.75) is 58.4 Å². The van der Waals surface area contributed by atoms with E-state index in [1.165, 1.54) is 45.1 Å². The highest BCUT2D eigenvalue weighted by Gasteiger charge is 2.05. The Morgan fingerprint density at radius 1 is 1.07 bits per heavy atom. The molecule has 0 heterocycles. The smallest absolute Gasteiger partial charge is 0.0167 e. The van der Waals surface area contributed by atoms with Gasteiger partial charge in [0.05, 0.1) is 0 Å². The Bertz CT molecular complexity index is 115. The van der Waals surface area contributed by atoms with Crippen LogP contribution < -0.4 is 5.73 Å². The summed E-state index contributed by atoms with van der Waals surface area (Å²) in [6.07, 6.45) is 7.66. The second kappa shape index (κ2) is 9.47. The number of hydrogen-bond donors (Lipinski definition) is 1. The average molecular weight is 200 g/mol. The van der Waals surface area contributed by atoms with E-state index in [1.54, 1.807) is 0 Å². The summed E-state index contributed by atoms with van der Waals surface area (Å²) >= 11 is 0. The third kappa shape index (κ3) is 8.52. The number of unbranched alkanes of at least 4 members (excludes halogenated alkanes) is 3. The van der Waals surface area contributed by atoms with Gasteiger partial charge < -0.3 is 10.6 Å². The molecule has 2 N–H and O–H groups in total. The third-order valence-electron chi connectivity index (χ3n) is 2.62. The van der Waals surface area contributed by atoms with Gasteiger partial charge in [0.2, 0.25) is 0 Å². The molecule has 0 rings (SSSR count). The fourth-order valence-electron chi connectivity index (χ4n) is 1.68. The van der Waals surface area contributed by atoms with Gasteiger partial charge in [-0.1, -0.05) is 39.5 Å². The SMILES string of the molecule is CCCCCN(C)CC(N)CCCC. The van der Waals surface area contributed by atoms with E-state index in [1.807, 2.05) is 0 Å². The second-order valence-corrected chi connectivity index (χ2v) is 4.37. The van der Waals surface area contributed by atoms with Crippen LogP contribution in [-0.4, -0.2) is 31.1 Å². The lowest BCUT2D eigenvalue weighted by molar-refractivity contribution is 0.296. The normalized spacial score (nSPS) is 13.5. The van der Waals surface area contributed by atoms with E-state index in [0.717, 1.165) is 6.54 Å². The molecule has 2 nitrogen and oxygen atoms in total. The number of hydrogen-bond acceptors (Lipinski definition) is 2. The van der Waals surface area contributed by atoms with Crippen molar-refractivity contribution in [3.05, 3.63) is 0 Å². The Morgan fingerprint density at radius 2 is 1.71 bits per heavy atom. The lowest BCUT2D eigenvalue weighted by Crippen LogP contribution is -2.35. The Morgan fingerprint density at radius 3 is 2.29 bits per heavy atom. The van der Waals surface area contributed by atoms with E-state index in [0.29, 0.717) is 6.04 Å². The van der Waals surface area contributed by atoms with Crippen molar-refractivity contribution >= 4 is 0 Å². The zero-order valence-corrected chi connectivity index (χ0v) is 10.3. The summed E-state index contributed by atoms with van der Waals surface area (Å²) in [5.74, 6) is 0. The Hall–Kier alpha value is -0.0800. The van der Waals surface area contributed by atoms with Gasteiger partial charge in [0.25, 0.3) is 0 Å². The molecule has 0 aliphatic heterocycles. The maximum atomic E-state index is 6.02. The van der Waals surface area contributed by atoms with Crippen molar-refractivity contribution in [1.29, 1.82) is 0 Å². The van der Waals surface area contributed by atoms with E-state index in [-0.39, 0.29) is 0 Å². The molecule has 1 atom stereocenters. The molecule has 0 fully saturated rings. The van der Waals surface area contributed by atoms with Gasteiger partial charge in [-0.2, -0.15) is 0 Å². The molecule has 0 aromatic heterocycles. The minimum atomic E-state index is 0.376. The van der Waals surface area contributed by atoms with Gasteiger partial charge in [-0.25, -0.2) is 0 Å². The summed E-state index contributed by atoms with van der Waals surface area (Å²) < 4.78 is 0. The molecule has 0 aliphatic carbocycles. The first-order valence-electron chi connectivity index (χ1n) is 6.14. The van der Waals surface area contributed by atoms with Crippen LogP contribution in [0.2, 0.25) is 0 Å². The zero-order valence-electron chi connectivity index (χ0n) is 10.3. The van der Waals surface area contributed by atoms with Crippen molar-refractivity contribution in [2.24, 2.45) is 5.73 Å². The van der Waals surface area contributed by atoms with Crippen molar-refractivity contribution in [2.75, 3.05) is 20.1 Å². The molecule has 0 spiro atoms. The van der Waals surface area contributed by atoms with Gasteiger partial charge in [0.15, 0.2) is 0 Å². The molecule has 0 radical (unpaired) electrons. The maximum Gasteiger partial charge on any atom is 0.0167 e.